The zero-order valence-electron chi connectivity index (χ0n) is 19.1. The predicted molar refractivity (Wildman–Crippen MR) is 135 cm³/mol. The number of hydrogen-bond donors (Lipinski definition) is 1. The Morgan fingerprint density at radius 1 is 1.27 bits per heavy atom. The molecule has 0 bridgehead atoms. The van der Waals surface area contributed by atoms with E-state index < -0.39 is 0 Å². The van der Waals surface area contributed by atoms with Gasteiger partial charge in [0.05, 0.1) is 19.2 Å². The summed E-state index contributed by atoms with van der Waals surface area (Å²) in [5.74, 6) is 0.516. The minimum Gasteiger partial charge on any atom is -0.496 e. The highest BCUT2D eigenvalue weighted by molar-refractivity contribution is 6.55. The number of nitrogens with zero attached hydrogens (tertiary/aromatic N) is 2. The molecule has 0 spiro atoms. The molecular weight excluding hydrogens is 457 g/mol. The molecule has 1 N–H and O–H groups in total. The van der Waals surface area contributed by atoms with Gasteiger partial charge in [-0.3, -0.25) is 4.79 Å². The number of anilines is 1. The standard InChI is InChI=1S/C26H29Cl2N3O2/c1-26(2)20(14-23(27)28)24(26)25(32)30-29-15-17-10-11-22(33-3)19(13-17)16-31-12-6-8-18-7-4-5-9-21(18)31/h4-5,7,9-11,13-15,20,24H,6,8,12,16H2,1-3H3,(H,30,32)/b29-15-/t20-,24+/m0/s1. The molecule has 1 aliphatic carbocycles. The Hall–Kier alpha value is -2.50. The number of hydrogen-bond acceptors (Lipinski definition) is 4. The number of hydrazone groups is 1. The maximum absolute atomic E-state index is 12.6. The first-order chi connectivity index (χ1) is 15.8. The molecule has 0 aromatic heterocycles. The fraction of sp³-hybridized carbons (Fsp3) is 0.385. The average Bonchev–Trinajstić information content (AvgIpc) is 3.33. The second-order valence-electron chi connectivity index (χ2n) is 9.24. The number of aryl methyl sites for hydroxylation is 1. The molecule has 2 aliphatic rings. The maximum Gasteiger partial charge on any atom is 0.244 e. The average molecular weight is 486 g/mol. The third kappa shape index (κ3) is 5.20. The number of para-hydroxylation sites is 1. The number of carbonyl (C=O) groups excluding carboxylic acids is 1. The number of fused-ring (bicyclic) bond motifs is 1. The van der Waals surface area contributed by atoms with Gasteiger partial charge in [-0.2, -0.15) is 5.10 Å². The van der Waals surface area contributed by atoms with E-state index in [0.717, 1.165) is 42.8 Å². The van der Waals surface area contributed by atoms with Gasteiger partial charge in [-0.25, -0.2) is 5.43 Å². The first-order valence-electron chi connectivity index (χ1n) is 11.2. The van der Waals surface area contributed by atoms with Crippen LogP contribution in [-0.2, 0) is 17.8 Å². The molecule has 2 aromatic rings. The Balaban J connectivity index is 1.45. The van der Waals surface area contributed by atoms with Crippen molar-refractivity contribution >= 4 is 41.0 Å². The van der Waals surface area contributed by atoms with Crippen LogP contribution in [-0.4, -0.2) is 25.8 Å². The first-order valence-corrected chi connectivity index (χ1v) is 11.9. The molecule has 1 amide bonds. The number of ether oxygens (including phenoxy) is 1. The molecule has 1 fully saturated rings. The van der Waals surface area contributed by atoms with E-state index in [9.17, 15) is 4.79 Å². The van der Waals surface area contributed by atoms with Crippen LogP contribution in [0.25, 0.3) is 0 Å². The highest BCUT2D eigenvalue weighted by Gasteiger charge is 2.60. The molecule has 0 unspecified atom stereocenters. The molecule has 7 heteroatoms. The normalized spacial score (nSPS) is 20.8. The summed E-state index contributed by atoms with van der Waals surface area (Å²) < 4.78 is 5.80. The van der Waals surface area contributed by atoms with Crippen molar-refractivity contribution < 1.29 is 9.53 Å². The van der Waals surface area contributed by atoms with Gasteiger partial charge in [-0.15, -0.1) is 0 Å². The number of benzene rings is 2. The van der Waals surface area contributed by atoms with E-state index in [2.05, 4.69) is 45.8 Å². The van der Waals surface area contributed by atoms with E-state index in [-0.39, 0.29) is 27.6 Å². The lowest BCUT2D eigenvalue weighted by Gasteiger charge is -2.31. The van der Waals surface area contributed by atoms with Crippen LogP contribution in [0.4, 0.5) is 5.69 Å². The van der Waals surface area contributed by atoms with E-state index in [1.54, 1.807) is 19.4 Å². The van der Waals surface area contributed by atoms with Crippen molar-refractivity contribution in [3.05, 3.63) is 69.7 Å². The number of methoxy groups -OCH3 is 1. The molecule has 2 atom stereocenters. The van der Waals surface area contributed by atoms with Crippen LogP contribution in [0.3, 0.4) is 0 Å². The van der Waals surface area contributed by atoms with Crippen molar-refractivity contribution in [2.75, 3.05) is 18.6 Å². The summed E-state index contributed by atoms with van der Waals surface area (Å²) in [4.78, 5) is 15.0. The van der Waals surface area contributed by atoms with Crippen LogP contribution in [0.5, 0.6) is 5.75 Å². The number of amides is 1. The fourth-order valence-electron chi connectivity index (χ4n) is 4.85. The molecule has 0 radical (unpaired) electrons. The van der Waals surface area contributed by atoms with Gasteiger partial charge in [-0.05, 0) is 65.6 Å². The molecule has 5 nitrogen and oxygen atoms in total. The second kappa shape index (κ2) is 9.78. The van der Waals surface area contributed by atoms with Crippen molar-refractivity contribution in [3.63, 3.8) is 0 Å². The number of carbonyl (C=O) groups is 1. The predicted octanol–water partition coefficient (Wildman–Crippen LogP) is 5.69. The Morgan fingerprint density at radius 3 is 2.82 bits per heavy atom. The molecule has 2 aromatic carbocycles. The van der Waals surface area contributed by atoms with E-state index >= 15 is 0 Å². The molecule has 1 aliphatic heterocycles. The van der Waals surface area contributed by atoms with Crippen LogP contribution in [0, 0.1) is 17.3 Å². The number of halogens is 2. The Kier molecular flexibility index (Phi) is 7.01. The van der Waals surface area contributed by atoms with Gasteiger partial charge in [0.15, 0.2) is 0 Å². The zero-order chi connectivity index (χ0) is 23.6. The third-order valence-electron chi connectivity index (χ3n) is 6.76. The lowest BCUT2D eigenvalue weighted by atomic mass is 10.0. The van der Waals surface area contributed by atoms with Gasteiger partial charge in [0, 0.05) is 24.3 Å². The Morgan fingerprint density at radius 2 is 2.06 bits per heavy atom. The van der Waals surface area contributed by atoms with Crippen LogP contribution in [0.15, 0.2) is 58.1 Å². The summed E-state index contributed by atoms with van der Waals surface area (Å²) in [6, 6.07) is 14.5. The smallest absolute Gasteiger partial charge is 0.244 e. The minimum absolute atomic E-state index is 0.0118. The fourth-order valence-corrected chi connectivity index (χ4v) is 5.12. The molecule has 1 heterocycles. The van der Waals surface area contributed by atoms with Crippen molar-refractivity contribution in [3.8, 4) is 5.75 Å². The molecule has 1 saturated carbocycles. The topological polar surface area (TPSA) is 53.9 Å². The summed E-state index contributed by atoms with van der Waals surface area (Å²) in [5.41, 5.74) is 7.12. The van der Waals surface area contributed by atoms with E-state index in [1.165, 1.54) is 11.3 Å². The van der Waals surface area contributed by atoms with E-state index in [4.69, 9.17) is 27.9 Å². The van der Waals surface area contributed by atoms with Crippen molar-refractivity contribution in [2.24, 2.45) is 22.4 Å². The van der Waals surface area contributed by atoms with Crippen molar-refractivity contribution in [1.29, 1.82) is 0 Å². The van der Waals surface area contributed by atoms with Gasteiger partial charge in [0.2, 0.25) is 5.91 Å². The van der Waals surface area contributed by atoms with Crippen molar-refractivity contribution in [1.82, 2.24) is 5.43 Å². The van der Waals surface area contributed by atoms with Gasteiger partial charge in [-0.1, -0.05) is 55.2 Å². The van der Waals surface area contributed by atoms with Crippen LogP contribution < -0.4 is 15.1 Å². The molecule has 0 saturated heterocycles. The lowest BCUT2D eigenvalue weighted by molar-refractivity contribution is -0.123. The van der Waals surface area contributed by atoms with Crippen LogP contribution in [0.1, 0.15) is 37.0 Å². The SMILES string of the molecule is COc1ccc(/C=N\NC(=O)[C@H]2[C@H](C=C(Cl)Cl)C2(C)C)cc1CN1CCCc2ccccc21. The molecule has 174 valence electrons. The summed E-state index contributed by atoms with van der Waals surface area (Å²) >= 11 is 11.6. The first kappa shape index (κ1) is 23.7. The minimum atomic E-state index is -0.201. The summed E-state index contributed by atoms with van der Waals surface area (Å²) in [7, 11) is 1.69. The summed E-state index contributed by atoms with van der Waals surface area (Å²) in [6.45, 7) is 5.80. The third-order valence-corrected chi connectivity index (χ3v) is 7.01. The van der Waals surface area contributed by atoms with Gasteiger partial charge in [0.1, 0.15) is 10.2 Å². The molecule has 33 heavy (non-hydrogen) atoms. The lowest BCUT2D eigenvalue weighted by Crippen LogP contribution is -2.29. The Labute approximate surface area is 205 Å². The Bertz CT molecular complexity index is 1090. The number of allylic oxidation sites excluding steroid dienone is 1. The monoisotopic (exact) mass is 485 g/mol. The molecule has 4 rings (SSSR count). The van der Waals surface area contributed by atoms with Gasteiger partial charge < -0.3 is 9.64 Å². The highest BCUT2D eigenvalue weighted by Crippen LogP contribution is 2.59. The second-order valence-corrected chi connectivity index (χ2v) is 10.2. The summed E-state index contributed by atoms with van der Waals surface area (Å²) in [5, 5.41) is 4.20. The zero-order valence-corrected chi connectivity index (χ0v) is 20.7. The van der Waals surface area contributed by atoms with Crippen LogP contribution in [0.2, 0.25) is 0 Å². The van der Waals surface area contributed by atoms with E-state index in [1.807, 2.05) is 26.0 Å². The maximum atomic E-state index is 12.6. The van der Waals surface area contributed by atoms with Crippen molar-refractivity contribution in [2.45, 2.75) is 33.2 Å². The molecular formula is C26H29Cl2N3O2. The van der Waals surface area contributed by atoms with Crippen LogP contribution >= 0.6 is 23.2 Å². The number of nitrogens with one attached hydrogen (secondary N) is 1. The highest BCUT2D eigenvalue weighted by atomic mass is 35.5. The quantitative estimate of drug-likeness (QED) is 0.404. The number of rotatable bonds is 7. The van der Waals surface area contributed by atoms with Gasteiger partial charge >= 0.3 is 0 Å². The van der Waals surface area contributed by atoms with E-state index in [0.29, 0.717) is 0 Å². The largest absolute Gasteiger partial charge is 0.496 e. The summed E-state index contributed by atoms with van der Waals surface area (Å²) in [6.07, 6.45) is 5.64. The van der Waals surface area contributed by atoms with Gasteiger partial charge in [0.25, 0.3) is 0 Å².